The van der Waals surface area contributed by atoms with Crippen LogP contribution in [0, 0.1) is 18.3 Å². The minimum Gasteiger partial charge on any atom is -0.493 e. The van der Waals surface area contributed by atoms with E-state index in [4.69, 9.17) is 11.5 Å². The smallest absolute Gasteiger partial charge is 0.285 e. The second kappa shape index (κ2) is 8.72. The third-order valence-corrected chi connectivity index (χ3v) is 5.16. The number of hydrogen-bond acceptors (Lipinski definition) is 8. The SMILES string of the molecule is Cc1c(C#N)c(O)n(CC(C)O)c(=O)c1N=Nc1ccc(S(=O)(=O)N=C(N)N)cc1. The quantitative estimate of drug-likeness (QED) is 0.285. The molecule has 13 heteroatoms. The molecular weight excluding hydrogens is 414 g/mol. The number of guanidine groups is 1. The molecule has 0 fully saturated rings. The molecule has 6 N–H and O–H groups in total. The van der Waals surface area contributed by atoms with Gasteiger partial charge >= 0.3 is 0 Å². The summed E-state index contributed by atoms with van der Waals surface area (Å²) in [6.07, 6.45) is -0.965. The van der Waals surface area contributed by atoms with Crippen molar-refractivity contribution in [2.45, 2.75) is 31.4 Å². The van der Waals surface area contributed by atoms with Crippen LogP contribution in [0.2, 0.25) is 0 Å². The summed E-state index contributed by atoms with van der Waals surface area (Å²) in [5, 5.41) is 36.7. The van der Waals surface area contributed by atoms with Gasteiger partial charge in [-0.25, -0.2) is 0 Å². The summed E-state index contributed by atoms with van der Waals surface area (Å²) in [7, 11) is -4.06. The number of hydrogen-bond donors (Lipinski definition) is 4. The lowest BCUT2D eigenvalue weighted by Gasteiger charge is -2.14. The van der Waals surface area contributed by atoms with Crippen LogP contribution in [-0.4, -0.2) is 35.3 Å². The van der Waals surface area contributed by atoms with Crippen LogP contribution >= 0.6 is 0 Å². The molecule has 0 saturated heterocycles. The molecule has 0 aliphatic heterocycles. The first-order chi connectivity index (χ1) is 14.0. The van der Waals surface area contributed by atoms with Gasteiger partial charge in [0.1, 0.15) is 11.6 Å². The van der Waals surface area contributed by atoms with E-state index in [1.165, 1.54) is 38.1 Å². The summed E-state index contributed by atoms with van der Waals surface area (Å²) < 4.78 is 27.8. The zero-order valence-corrected chi connectivity index (χ0v) is 16.8. The molecule has 1 aromatic heterocycles. The summed E-state index contributed by atoms with van der Waals surface area (Å²) in [5.74, 6) is -1.18. The molecule has 0 spiro atoms. The van der Waals surface area contributed by atoms with Crippen molar-refractivity contribution in [3.63, 3.8) is 0 Å². The number of sulfonamides is 1. The van der Waals surface area contributed by atoms with Gasteiger partial charge in [0, 0.05) is 5.56 Å². The molecule has 12 nitrogen and oxygen atoms in total. The van der Waals surface area contributed by atoms with E-state index >= 15 is 0 Å². The Hall–Kier alpha value is -3.76. The average molecular weight is 433 g/mol. The van der Waals surface area contributed by atoms with E-state index in [0.717, 1.165) is 4.57 Å². The van der Waals surface area contributed by atoms with E-state index in [1.807, 2.05) is 0 Å². The lowest BCUT2D eigenvalue weighted by atomic mass is 10.1. The number of aliphatic hydroxyl groups is 1. The van der Waals surface area contributed by atoms with Crippen LogP contribution in [0.15, 0.2) is 48.6 Å². The van der Waals surface area contributed by atoms with Gasteiger partial charge in [-0.3, -0.25) is 9.36 Å². The fourth-order valence-corrected chi connectivity index (χ4v) is 3.34. The van der Waals surface area contributed by atoms with Crippen LogP contribution in [0.3, 0.4) is 0 Å². The minimum absolute atomic E-state index is 0.109. The van der Waals surface area contributed by atoms with Crippen LogP contribution in [0.5, 0.6) is 5.88 Å². The van der Waals surface area contributed by atoms with Crippen molar-refractivity contribution < 1.29 is 18.6 Å². The van der Waals surface area contributed by atoms with Crippen LogP contribution in [0.1, 0.15) is 18.1 Å². The van der Waals surface area contributed by atoms with Crippen LogP contribution in [0.4, 0.5) is 11.4 Å². The van der Waals surface area contributed by atoms with Crippen molar-refractivity contribution in [2.75, 3.05) is 0 Å². The first kappa shape index (κ1) is 22.5. The van der Waals surface area contributed by atoms with Crippen molar-refractivity contribution in [3.8, 4) is 11.9 Å². The minimum atomic E-state index is -4.06. The predicted molar refractivity (Wildman–Crippen MR) is 107 cm³/mol. The Morgan fingerprint density at radius 3 is 2.37 bits per heavy atom. The number of nitriles is 1. The summed E-state index contributed by atoms with van der Waals surface area (Å²) in [5.41, 5.74) is 9.35. The maximum absolute atomic E-state index is 12.6. The molecule has 1 atom stereocenters. The van der Waals surface area contributed by atoms with E-state index < -0.39 is 33.5 Å². The van der Waals surface area contributed by atoms with Gasteiger partial charge in [0.2, 0.25) is 11.8 Å². The number of benzene rings is 1. The highest BCUT2D eigenvalue weighted by molar-refractivity contribution is 7.90. The molecule has 1 aromatic carbocycles. The predicted octanol–water partition coefficient (Wildman–Crippen LogP) is 0.492. The molecule has 0 bridgehead atoms. The highest BCUT2D eigenvalue weighted by Crippen LogP contribution is 2.27. The Labute approximate surface area is 171 Å². The molecule has 0 radical (unpaired) electrons. The van der Waals surface area contributed by atoms with E-state index in [0.29, 0.717) is 0 Å². The standard InChI is InChI=1S/C17H19N7O5S/c1-9(25)8-24-15(26)13(7-18)10(2)14(16(24)27)22-21-11-3-5-12(6-4-11)30(28,29)23-17(19)20/h3-6,9,25-26H,8H2,1-2H3,(H4,19,20,23). The van der Waals surface area contributed by atoms with Gasteiger partial charge in [0.25, 0.3) is 15.6 Å². The topological polar surface area (TPSA) is 210 Å². The zero-order chi connectivity index (χ0) is 22.6. The lowest BCUT2D eigenvalue weighted by molar-refractivity contribution is 0.167. The third-order valence-electron chi connectivity index (χ3n) is 3.84. The van der Waals surface area contributed by atoms with Gasteiger partial charge in [0.15, 0.2) is 5.69 Å². The molecule has 2 rings (SSSR count). The fraction of sp³-hybridized carbons (Fsp3) is 0.235. The zero-order valence-electron chi connectivity index (χ0n) is 16.0. The highest BCUT2D eigenvalue weighted by atomic mass is 32.2. The van der Waals surface area contributed by atoms with Gasteiger partial charge in [-0.15, -0.1) is 9.51 Å². The number of nitrogens with two attached hydrogens (primary N) is 2. The van der Waals surface area contributed by atoms with Crippen LogP contribution < -0.4 is 17.0 Å². The molecule has 1 heterocycles. The Balaban J connectivity index is 2.49. The van der Waals surface area contributed by atoms with E-state index in [2.05, 4.69) is 14.6 Å². The second-order valence-corrected chi connectivity index (χ2v) is 7.84. The Morgan fingerprint density at radius 2 is 1.87 bits per heavy atom. The normalized spacial score (nSPS) is 12.5. The van der Waals surface area contributed by atoms with E-state index in [9.17, 15) is 28.7 Å². The second-order valence-electron chi connectivity index (χ2n) is 6.23. The fourth-order valence-electron chi connectivity index (χ4n) is 2.47. The Morgan fingerprint density at radius 1 is 1.27 bits per heavy atom. The maximum atomic E-state index is 12.6. The summed E-state index contributed by atoms with van der Waals surface area (Å²) in [6.45, 7) is 2.59. The number of rotatable bonds is 6. The van der Waals surface area contributed by atoms with Gasteiger partial charge in [-0.2, -0.15) is 18.8 Å². The van der Waals surface area contributed by atoms with Crippen molar-refractivity contribution in [1.82, 2.24) is 4.57 Å². The van der Waals surface area contributed by atoms with Gasteiger partial charge in [-0.1, -0.05) is 0 Å². The molecule has 0 amide bonds. The van der Waals surface area contributed by atoms with E-state index in [-0.39, 0.29) is 33.9 Å². The molecule has 2 aromatic rings. The molecule has 0 aliphatic carbocycles. The first-order valence-electron chi connectivity index (χ1n) is 8.40. The maximum Gasteiger partial charge on any atom is 0.285 e. The monoisotopic (exact) mass is 433 g/mol. The largest absolute Gasteiger partial charge is 0.493 e. The van der Waals surface area contributed by atoms with Crippen LogP contribution in [-0.2, 0) is 16.6 Å². The number of pyridine rings is 1. The summed E-state index contributed by atoms with van der Waals surface area (Å²) >= 11 is 0. The number of nitrogens with zero attached hydrogens (tertiary/aromatic N) is 5. The van der Waals surface area contributed by atoms with E-state index in [1.54, 1.807) is 6.07 Å². The highest BCUT2D eigenvalue weighted by Gasteiger charge is 2.20. The third kappa shape index (κ3) is 4.80. The molecule has 1 unspecified atom stereocenters. The Kier molecular flexibility index (Phi) is 6.55. The molecule has 0 saturated carbocycles. The van der Waals surface area contributed by atoms with Gasteiger partial charge in [0.05, 0.1) is 23.2 Å². The van der Waals surface area contributed by atoms with Crippen molar-refractivity contribution in [1.29, 1.82) is 5.26 Å². The summed E-state index contributed by atoms with van der Waals surface area (Å²) in [4.78, 5) is 12.5. The van der Waals surface area contributed by atoms with Gasteiger partial charge < -0.3 is 21.7 Å². The number of aromatic hydroxyl groups is 1. The molecular formula is C17H19N7O5S. The molecule has 30 heavy (non-hydrogen) atoms. The Bertz CT molecular complexity index is 1220. The molecule has 0 aliphatic rings. The van der Waals surface area contributed by atoms with Crippen molar-refractivity contribution >= 4 is 27.4 Å². The number of azo groups is 1. The summed E-state index contributed by atoms with van der Waals surface area (Å²) in [6, 6.07) is 6.82. The number of aliphatic hydroxyl groups excluding tert-OH is 1. The van der Waals surface area contributed by atoms with Crippen molar-refractivity contribution in [2.24, 2.45) is 26.1 Å². The first-order valence-corrected chi connectivity index (χ1v) is 9.84. The van der Waals surface area contributed by atoms with Gasteiger partial charge in [-0.05, 0) is 38.1 Å². The van der Waals surface area contributed by atoms with Crippen molar-refractivity contribution in [3.05, 3.63) is 45.7 Å². The molecule has 158 valence electrons. The average Bonchev–Trinajstić information content (AvgIpc) is 2.65. The van der Waals surface area contributed by atoms with Crippen LogP contribution in [0.25, 0.3) is 0 Å². The lowest BCUT2D eigenvalue weighted by Crippen LogP contribution is -2.26. The number of aromatic nitrogens is 1.